The van der Waals surface area contributed by atoms with Gasteiger partial charge in [0.1, 0.15) is 4.99 Å². The third-order valence-electron chi connectivity index (χ3n) is 3.70. The minimum Gasteiger partial charge on any atom is -0.388 e. The minimum absolute atomic E-state index is 0.366. The molecule has 17 heavy (non-hydrogen) atoms. The lowest BCUT2D eigenvalue weighted by molar-refractivity contribution is 0.324. The number of anilines is 1. The Morgan fingerprint density at radius 3 is 2.88 bits per heavy atom. The van der Waals surface area contributed by atoms with Crippen LogP contribution in [0.25, 0.3) is 0 Å². The maximum Gasteiger partial charge on any atom is 0.122 e. The van der Waals surface area contributed by atoms with E-state index in [2.05, 4.69) is 23.7 Å². The Morgan fingerprint density at radius 1 is 1.47 bits per heavy atom. The van der Waals surface area contributed by atoms with Gasteiger partial charge in [-0.3, -0.25) is 4.98 Å². The number of nitrogens with two attached hydrogens (primary N) is 1. The standard InChI is InChI=1S/C13H19N3S/c1-9-4-6-16(8-10(9)2)11-3-5-15-12(7-11)13(14)17/h3,5,7,9-10H,4,6,8H2,1-2H3,(H2,14,17). The lowest BCUT2D eigenvalue weighted by Gasteiger charge is -2.36. The quantitative estimate of drug-likeness (QED) is 0.816. The first-order valence-electron chi connectivity index (χ1n) is 6.08. The van der Waals surface area contributed by atoms with E-state index in [0.29, 0.717) is 10.7 Å². The van der Waals surface area contributed by atoms with Crippen LogP contribution in [0, 0.1) is 11.8 Å². The predicted octanol–water partition coefficient (Wildman–Crippen LogP) is 2.20. The lowest BCUT2D eigenvalue weighted by atomic mass is 9.88. The fraction of sp³-hybridized carbons (Fsp3) is 0.538. The van der Waals surface area contributed by atoms with Gasteiger partial charge < -0.3 is 10.6 Å². The molecule has 1 aliphatic rings. The molecular weight excluding hydrogens is 230 g/mol. The summed E-state index contributed by atoms with van der Waals surface area (Å²) in [7, 11) is 0. The van der Waals surface area contributed by atoms with Crippen molar-refractivity contribution in [3.63, 3.8) is 0 Å². The summed E-state index contributed by atoms with van der Waals surface area (Å²) < 4.78 is 0. The topological polar surface area (TPSA) is 42.2 Å². The van der Waals surface area contributed by atoms with Crippen LogP contribution in [0.2, 0.25) is 0 Å². The second-order valence-electron chi connectivity index (χ2n) is 4.95. The number of hydrogen-bond acceptors (Lipinski definition) is 3. The van der Waals surface area contributed by atoms with Crippen molar-refractivity contribution < 1.29 is 0 Å². The summed E-state index contributed by atoms with van der Waals surface area (Å²) in [6.45, 7) is 6.84. The molecule has 2 heterocycles. The van der Waals surface area contributed by atoms with Crippen LogP contribution in [-0.2, 0) is 0 Å². The highest BCUT2D eigenvalue weighted by Gasteiger charge is 2.22. The van der Waals surface area contributed by atoms with E-state index < -0.39 is 0 Å². The summed E-state index contributed by atoms with van der Waals surface area (Å²) in [6.07, 6.45) is 3.03. The molecule has 0 aromatic carbocycles. The molecule has 0 aliphatic carbocycles. The number of nitrogens with zero attached hydrogens (tertiary/aromatic N) is 2. The van der Waals surface area contributed by atoms with E-state index in [1.807, 2.05) is 12.1 Å². The maximum atomic E-state index is 5.61. The maximum absolute atomic E-state index is 5.61. The first-order valence-corrected chi connectivity index (χ1v) is 6.49. The van der Waals surface area contributed by atoms with Gasteiger partial charge in [0.15, 0.2) is 0 Å². The number of hydrogen-bond donors (Lipinski definition) is 1. The molecule has 0 bridgehead atoms. The fourth-order valence-corrected chi connectivity index (χ4v) is 2.36. The Morgan fingerprint density at radius 2 is 2.24 bits per heavy atom. The van der Waals surface area contributed by atoms with Crippen LogP contribution in [0.3, 0.4) is 0 Å². The van der Waals surface area contributed by atoms with E-state index >= 15 is 0 Å². The smallest absolute Gasteiger partial charge is 0.122 e. The SMILES string of the molecule is CC1CCN(c2ccnc(C(N)=S)c2)CC1C. The number of rotatable bonds is 2. The third-order valence-corrected chi connectivity index (χ3v) is 3.90. The molecule has 2 N–H and O–H groups in total. The summed E-state index contributed by atoms with van der Waals surface area (Å²) >= 11 is 4.96. The lowest BCUT2D eigenvalue weighted by Crippen LogP contribution is -2.38. The molecule has 4 heteroatoms. The van der Waals surface area contributed by atoms with E-state index in [1.54, 1.807) is 6.20 Å². The van der Waals surface area contributed by atoms with Crippen molar-refractivity contribution in [1.82, 2.24) is 4.98 Å². The second-order valence-corrected chi connectivity index (χ2v) is 5.39. The molecular formula is C13H19N3S. The van der Waals surface area contributed by atoms with Gasteiger partial charge >= 0.3 is 0 Å². The predicted molar refractivity (Wildman–Crippen MR) is 75.3 cm³/mol. The van der Waals surface area contributed by atoms with Crippen LogP contribution in [0.5, 0.6) is 0 Å². The Balaban J connectivity index is 2.17. The van der Waals surface area contributed by atoms with E-state index in [-0.39, 0.29) is 0 Å². The highest BCUT2D eigenvalue weighted by molar-refractivity contribution is 7.80. The van der Waals surface area contributed by atoms with Crippen LogP contribution >= 0.6 is 12.2 Å². The van der Waals surface area contributed by atoms with Crippen molar-refractivity contribution in [2.24, 2.45) is 17.6 Å². The number of piperidine rings is 1. The molecule has 0 saturated carbocycles. The van der Waals surface area contributed by atoms with Crippen LogP contribution in [-0.4, -0.2) is 23.1 Å². The van der Waals surface area contributed by atoms with Gasteiger partial charge in [0.05, 0.1) is 5.69 Å². The van der Waals surface area contributed by atoms with Gasteiger partial charge in [0.25, 0.3) is 0 Å². The molecule has 2 rings (SSSR count). The first kappa shape index (κ1) is 12.3. The molecule has 1 aromatic rings. The zero-order valence-electron chi connectivity index (χ0n) is 10.4. The average molecular weight is 249 g/mol. The van der Waals surface area contributed by atoms with Crippen molar-refractivity contribution in [1.29, 1.82) is 0 Å². The van der Waals surface area contributed by atoms with E-state index in [4.69, 9.17) is 18.0 Å². The van der Waals surface area contributed by atoms with E-state index in [1.165, 1.54) is 12.1 Å². The summed E-state index contributed by atoms with van der Waals surface area (Å²) in [5, 5.41) is 0. The van der Waals surface area contributed by atoms with Gasteiger partial charge in [-0.25, -0.2) is 0 Å². The van der Waals surface area contributed by atoms with Gasteiger partial charge in [-0.05, 0) is 30.4 Å². The summed E-state index contributed by atoms with van der Waals surface area (Å²) in [5.41, 5.74) is 7.51. The van der Waals surface area contributed by atoms with Crippen LogP contribution in [0.15, 0.2) is 18.3 Å². The van der Waals surface area contributed by atoms with Crippen LogP contribution in [0.4, 0.5) is 5.69 Å². The molecule has 2 atom stereocenters. The normalized spacial score (nSPS) is 24.7. The van der Waals surface area contributed by atoms with Crippen molar-refractivity contribution in [2.45, 2.75) is 20.3 Å². The average Bonchev–Trinajstić information content (AvgIpc) is 2.33. The fourth-order valence-electron chi connectivity index (χ4n) is 2.25. The molecule has 1 fully saturated rings. The number of aromatic nitrogens is 1. The summed E-state index contributed by atoms with van der Waals surface area (Å²) in [5.74, 6) is 1.54. The first-order chi connectivity index (χ1) is 8.08. The van der Waals surface area contributed by atoms with Crippen LogP contribution in [0.1, 0.15) is 26.0 Å². The largest absolute Gasteiger partial charge is 0.388 e. The van der Waals surface area contributed by atoms with Gasteiger partial charge in [-0.1, -0.05) is 26.1 Å². The second kappa shape index (κ2) is 5.00. The molecule has 0 spiro atoms. The van der Waals surface area contributed by atoms with Crippen molar-refractivity contribution in [3.8, 4) is 0 Å². The van der Waals surface area contributed by atoms with Crippen molar-refractivity contribution in [3.05, 3.63) is 24.0 Å². The summed E-state index contributed by atoms with van der Waals surface area (Å²) in [4.78, 5) is 6.94. The highest BCUT2D eigenvalue weighted by Crippen LogP contribution is 2.26. The van der Waals surface area contributed by atoms with Crippen molar-refractivity contribution >= 4 is 22.9 Å². The summed E-state index contributed by atoms with van der Waals surface area (Å²) in [6, 6.07) is 4.02. The Kier molecular flexibility index (Phi) is 3.62. The molecule has 0 radical (unpaired) electrons. The minimum atomic E-state index is 0.366. The molecule has 3 nitrogen and oxygen atoms in total. The monoisotopic (exact) mass is 249 g/mol. The zero-order valence-corrected chi connectivity index (χ0v) is 11.2. The van der Waals surface area contributed by atoms with Gasteiger partial charge in [0.2, 0.25) is 0 Å². The van der Waals surface area contributed by atoms with Crippen LogP contribution < -0.4 is 10.6 Å². The number of pyridine rings is 1. The Labute approximate surface area is 108 Å². The van der Waals surface area contributed by atoms with E-state index in [9.17, 15) is 0 Å². The molecule has 1 aromatic heterocycles. The highest BCUT2D eigenvalue weighted by atomic mass is 32.1. The Bertz CT molecular complexity index is 419. The Hall–Kier alpha value is -1.16. The third kappa shape index (κ3) is 2.75. The van der Waals surface area contributed by atoms with Gasteiger partial charge in [-0.2, -0.15) is 0 Å². The zero-order chi connectivity index (χ0) is 12.4. The van der Waals surface area contributed by atoms with Gasteiger partial charge in [-0.15, -0.1) is 0 Å². The molecule has 1 aliphatic heterocycles. The molecule has 2 unspecified atom stereocenters. The molecule has 92 valence electrons. The molecule has 1 saturated heterocycles. The van der Waals surface area contributed by atoms with E-state index in [0.717, 1.165) is 24.9 Å². The molecule has 0 amide bonds. The van der Waals surface area contributed by atoms with Gasteiger partial charge in [0, 0.05) is 25.0 Å². The number of thiocarbonyl (C=S) groups is 1. The van der Waals surface area contributed by atoms with Crippen molar-refractivity contribution in [2.75, 3.05) is 18.0 Å².